The van der Waals surface area contributed by atoms with Crippen molar-refractivity contribution in [3.8, 4) is 5.75 Å². The van der Waals surface area contributed by atoms with Crippen LogP contribution in [0.5, 0.6) is 5.75 Å². The largest absolute Gasteiger partial charge is 0.486 e. The Morgan fingerprint density at radius 2 is 1.93 bits per heavy atom. The Labute approximate surface area is 177 Å². The summed E-state index contributed by atoms with van der Waals surface area (Å²) in [6.07, 6.45) is 9.17. The fourth-order valence-electron chi connectivity index (χ4n) is 4.46. The lowest BCUT2D eigenvalue weighted by Crippen LogP contribution is -2.38. The van der Waals surface area contributed by atoms with Crippen LogP contribution in [0.2, 0.25) is 0 Å². The van der Waals surface area contributed by atoms with Crippen LogP contribution in [0.15, 0.2) is 60.9 Å². The SMILES string of the molecule is Cn1ccnc1COc1ccc(C(=O)N(C2CC2)C2CCCc3ccccc32)cc1. The van der Waals surface area contributed by atoms with Crippen molar-refractivity contribution in [3.05, 3.63) is 83.4 Å². The number of benzene rings is 2. The van der Waals surface area contributed by atoms with Crippen molar-refractivity contribution in [2.75, 3.05) is 0 Å². The van der Waals surface area contributed by atoms with Crippen LogP contribution >= 0.6 is 0 Å². The molecule has 1 aromatic heterocycles. The molecule has 2 aliphatic rings. The lowest BCUT2D eigenvalue weighted by atomic mass is 9.86. The molecular weight excluding hydrogens is 374 g/mol. The molecule has 0 N–H and O–H groups in total. The van der Waals surface area contributed by atoms with E-state index in [-0.39, 0.29) is 11.9 Å². The first kappa shape index (κ1) is 18.9. The summed E-state index contributed by atoms with van der Waals surface area (Å²) in [4.78, 5) is 19.9. The maximum atomic E-state index is 13.5. The summed E-state index contributed by atoms with van der Waals surface area (Å²) in [6.45, 7) is 0.407. The van der Waals surface area contributed by atoms with Crippen molar-refractivity contribution < 1.29 is 9.53 Å². The predicted molar refractivity (Wildman–Crippen MR) is 115 cm³/mol. The molecule has 3 aromatic rings. The predicted octanol–water partition coefficient (Wildman–Crippen LogP) is 4.68. The number of hydrogen-bond acceptors (Lipinski definition) is 3. The Bertz CT molecular complexity index is 1040. The van der Waals surface area contributed by atoms with Crippen LogP contribution in [0.1, 0.15) is 59.0 Å². The number of ether oxygens (including phenoxy) is 1. The highest BCUT2D eigenvalue weighted by Gasteiger charge is 2.39. The molecule has 2 aliphatic carbocycles. The average molecular weight is 402 g/mol. The van der Waals surface area contributed by atoms with Gasteiger partial charge < -0.3 is 14.2 Å². The molecule has 0 radical (unpaired) electrons. The molecule has 0 spiro atoms. The minimum atomic E-state index is 0.134. The molecule has 2 aromatic carbocycles. The second-order valence-corrected chi connectivity index (χ2v) is 8.32. The van der Waals surface area contributed by atoms with Gasteiger partial charge >= 0.3 is 0 Å². The molecule has 1 heterocycles. The van der Waals surface area contributed by atoms with Gasteiger partial charge in [0, 0.05) is 31.0 Å². The lowest BCUT2D eigenvalue weighted by Gasteiger charge is -2.36. The number of aryl methyl sites for hydroxylation is 2. The molecule has 1 atom stereocenters. The molecule has 1 amide bonds. The Kier molecular flexibility index (Phi) is 5.03. The second kappa shape index (κ2) is 7.98. The monoisotopic (exact) mass is 401 g/mol. The van der Waals surface area contributed by atoms with Gasteiger partial charge in [-0.2, -0.15) is 0 Å². The Morgan fingerprint density at radius 1 is 1.13 bits per heavy atom. The third-order valence-corrected chi connectivity index (χ3v) is 6.24. The summed E-state index contributed by atoms with van der Waals surface area (Å²) < 4.78 is 7.78. The molecule has 0 aliphatic heterocycles. The summed E-state index contributed by atoms with van der Waals surface area (Å²) in [6, 6.07) is 16.7. The first-order chi connectivity index (χ1) is 14.7. The number of nitrogens with zero attached hydrogens (tertiary/aromatic N) is 3. The molecule has 1 unspecified atom stereocenters. The van der Waals surface area contributed by atoms with Crippen molar-refractivity contribution in [2.24, 2.45) is 7.05 Å². The van der Waals surface area contributed by atoms with E-state index in [1.165, 1.54) is 11.1 Å². The highest BCUT2D eigenvalue weighted by molar-refractivity contribution is 5.95. The van der Waals surface area contributed by atoms with Crippen molar-refractivity contribution in [1.82, 2.24) is 14.5 Å². The highest BCUT2D eigenvalue weighted by Crippen LogP contribution is 2.41. The van der Waals surface area contributed by atoms with Crippen LogP contribution in [0.25, 0.3) is 0 Å². The van der Waals surface area contributed by atoms with E-state index < -0.39 is 0 Å². The van der Waals surface area contributed by atoms with Gasteiger partial charge in [-0.25, -0.2) is 4.98 Å². The highest BCUT2D eigenvalue weighted by atomic mass is 16.5. The van der Waals surface area contributed by atoms with Gasteiger partial charge in [0.2, 0.25) is 0 Å². The van der Waals surface area contributed by atoms with Gasteiger partial charge in [0.15, 0.2) is 0 Å². The molecule has 1 saturated carbocycles. The molecule has 154 valence electrons. The van der Waals surface area contributed by atoms with E-state index in [4.69, 9.17) is 4.74 Å². The maximum Gasteiger partial charge on any atom is 0.254 e. The average Bonchev–Trinajstić information content (AvgIpc) is 3.53. The quantitative estimate of drug-likeness (QED) is 0.602. The van der Waals surface area contributed by atoms with Crippen LogP contribution < -0.4 is 4.74 Å². The van der Waals surface area contributed by atoms with Crippen molar-refractivity contribution >= 4 is 5.91 Å². The number of rotatable bonds is 6. The Balaban J connectivity index is 1.33. The van der Waals surface area contributed by atoms with Crippen LogP contribution in [-0.2, 0) is 20.1 Å². The van der Waals surface area contributed by atoms with Crippen molar-refractivity contribution in [3.63, 3.8) is 0 Å². The molecule has 1 fully saturated rings. The topological polar surface area (TPSA) is 47.4 Å². The standard InChI is InChI=1S/C25H27N3O2/c1-27-16-15-26-24(27)17-30-21-13-9-19(10-14-21)25(29)28(20-11-12-20)23-8-4-6-18-5-2-3-7-22(18)23/h2-3,5,7,9-10,13-16,20,23H,4,6,8,11-12,17H2,1H3. The fourth-order valence-corrected chi connectivity index (χ4v) is 4.46. The molecule has 30 heavy (non-hydrogen) atoms. The third-order valence-electron chi connectivity index (χ3n) is 6.24. The third kappa shape index (κ3) is 3.72. The maximum absolute atomic E-state index is 13.5. The first-order valence-electron chi connectivity index (χ1n) is 10.8. The van der Waals surface area contributed by atoms with Gasteiger partial charge in [0.05, 0.1) is 6.04 Å². The molecule has 0 bridgehead atoms. The summed E-state index contributed by atoms with van der Waals surface area (Å²) in [5, 5.41) is 0. The van der Waals surface area contributed by atoms with Gasteiger partial charge in [0.1, 0.15) is 18.2 Å². The van der Waals surface area contributed by atoms with E-state index in [2.05, 4.69) is 34.1 Å². The number of imidazole rings is 1. The normalized spacial score (nSPS) is 18.0. The zero-order chi connectivity index (χ0) is 20.5. The smallest absolute Gasteiger partial charge is 0.254 e. The van der Waals surface area contributed by atoms with Crippen molar-refractivity contribution in [2.45, 2.75) is 50.8 Å². The summed E-state index contributed by atoms with van der Waals surface area (Å²) in [7, 11) is 1.95. The number of carbonyl (C=O) groups is 1. The molecule has 5 rings (SSSR count). The van der Waals surface area contributed by atoms with Crippen molar-refractivity contribution in [1.29, 1.82) is 0 Å². The molecule has 5 nitrogen and oxygen atoms in total. The number of fused-ring (bicyclic) bond motifs is 1. The number of amides is 1. The van der Waals surface area contributed by atoms with Crippen LogP contribution in [0.4, 0.5) is 0 Å². The van der Waals surface area contributed by atoms with E-state index in [1.807, 2.05) is 42.1 Å². The summed E-state index contributed by atoms with van der Waals surface area (Å²) in [5.74, 6) is 1.75. The number of aromatic nitrogens is 2. The molecule has 0 saturated heterocycles. The van der Waals surface area contributed by atoms with Gasteiger partial charge in [-0.05, 0) is 67.5 Å². The molecule has 5 heteroatoms. The van der Waals surface area contributed by atoms with Crippen LogP contribution in [0, 0.1) is 0 Å². The van der Waals surface area contributed by atoms with Gasteiger partial charge in [-0.15, -0.1) is 0 Å². The number of carbonyl (C=O) groups excluding carboxylic acids is 1. The minimum absolute atomic E-state index is 0.134. The minimum Gasteiger partial charge on any atom is -0.486 e. The van der Waals surface area contributed by atoms with E-state index in [0.717, 1.165) is 49.2 Å². The van der Waals surface area contributed by atoms with Gasteiger partial charge in [-0.3, -0.25) is 4.79 Å². The second-order valence-electron chi connectivity index (χ2n) is 8.32. The summed E-state index contributed by atoms with van der Waals surface area (Å²) >= 11 is 0. The number of hydrogen-bond donors (Lipinski definition) is 0. The summed E-state index contributed by atoms with van der Waals surface area (Å²) in [5.41, 5.74) is 3.46. The zero-order valence-corrected chi connectivity index (χ0v) is 17.3. The van der Waals surface area contributed by atoms with E-state index >= 15 is 0 Å². The first-order valence-corrected chi connectivity index (χ1v) is 10.8. The van der Waals surface area contributed by atoms with Gasteiger partial charge in [0.25, 0.3) is 5.91 Å². The van der Waals surface area contributed by atoms with Crippen LogP contribution in [-0.4, -0.2) is 26.4 Å². The Morgan fingerprint density at radius 3 is 2.67 bits per heavy atom. The molecular formula is C25H27N3O2. The van der Waals surface area contributed by atoms with Gasteiger partial charge in [-0.1, -0.05) is 24.3 Å². The zero-order valence-electron chi connectivity index (χ0n) is 17.3. The van der Waals surface area contributed by atoms with Crippen LogP contribution in [0.3, 0.4) is 0 Å². The van der Waals surface area contributed by atoms with E-state index in [1.54, 1.807) is 6.20 Å². The fraction of sp³-hybridized carbons (Fsp3) is 0.360. The van der Waals surface area contributed by atoms with E-state index in [9.17, 15) is 4.79 Å². The lowest BCUT2D eigenvalue weighted by molar-refractivity contribution is 0.0638. The Hall–Kier alpha value is -3.08. The van der Waals surface area contributed by atoms with E-state index in [0.29, 0.717) is 12.6 Å².